The lowest BCUT2D eigenvalue weighted by Crippen LogP contribution is -2.36. The monoisotopic (exact) mass is 350 g/mol. The Kier molecular flexibility index (Phi) is 5.00. The summed E-state index contributed by atoms with van der Waals surface area (Å²) in [4.78, 5) is 13.8. The Hall–Kier alpha value is -1.61. The summed E-state index contributed by atoms with van der Waals surface area (Å²) in [6.07, 6.45) is -2.85. The summed E-state index contributed by atoms with van der Waals surface area (Å²) >= 11 is 0. The zero-order valence-corrected chi connectivity index (χ0v) is 13.3. The number of benzene rings is 1. The third kappa shape index (κ3) is 4.44. The van der Waals surface area contributed by atoms with Crippen molar-refractivity contribution in [3.05, 3.63) is 35.4 Å². The van der Waals surface area contributed by atoms with E-state index in [4.69, 9.17) is 0 Å². The van der Waals surface area contributed by atoms with Gasteiger partial charge in [0.05, 0.1) is 11.8 Å². The number of hydrogen-bond acceptors (Lipinski definition) is 3. The second-order valence-electron chi connectivity index (χ2n) is 5.38. The first-order valence-electron chi connectivity index (χ1n) is 7.01. The van der Waals surface area contributed by atoms with Crippen LogP contribution in [0.2, 0.25) is 0 Å². The van der Waals surface area contributed by atoms with Crippen LogP contribution in [-0.4, -0.2) is 56.0 Å². The van der Waals surface area contributed by atoms with Gasteiger partial charge in [-0.2, -0.15) is 13.2 Å². The molecule has 2 rings (SSSR count). The fourth-order valence-corrected chi connectivity index (χ4v) is 3.29. The molecule has 0 aliphatic carbocycles. The van der Waals surface area contributed by atoms with Crippen molar-refractivity contribution in [2.75, 3.05) is 32.4 Å². The maximum atomic E-state index is 12.5. The molecule has 1 aliphatic heterocycles. The molecule has 23 heavy (non-hydrogen) atoms. The molecule has 1 saturated heterocycles. The first kappa shape index (κ1) is 17.7. The van der Waals surface area contributed by atoms with Crippen molar-refractivity contribution in [2.45, 2.75) is 12.6 Å². The fourth-order valence-electron chi connectivity index (χ4n) is 2.41. The molecule has 0 bridgehead atoms. The highest BCUT2D eigenvalue weighted by molar-refractivity contribution is 7.88. The Morgan fingerprint density at radius 3 is 2.17 bits per heavy atom. The quantitative estimate of drug-likeness (QED) is 0.817. The van der Waals surface area contributed by atoms with Crippen molar-refractivity contribution in [3.8, 4) is 0 Å². The minimum Gasteiger partial charge on any atom is -0.337 e. The molecule has 1 fully saturated rings. The normalized spacial score (nSPS) is 17.8. The molecule has 0 radical (unpaired) electrons. The Bertz CT molecular complexity index is 672. The third-order valence-electron chi connectivity index (χ3n) is 3.67. The number of halogens is 3. The van der Waals surface area contributed by atoms with Crippen molar-refractivity contribution < 1.29 is 26.4 Å². The number of nitrogens with zero attached hydrogens (tertiary/aromatic N) is 2. The molecule has 0 saturated carbocycles. The van der Waals surface area contributed by atoms with E-state index >= 15 is 0 Å². The number of alkyl halides is 3. The highest BCUT2D eigenvalue weighted by Crippen LogP contribution is 2.29. The van der Waals surface area contributed by atoms with E-state index in [1.54, 1.807) is 0 Å². The number of sulfonamides is 1. The second-order valence-corrected chi connectivity index (χ2v) is 7.37. The smallest absolute Gasteiger partial charge is 0.337 e. The zero-order valence-electron chi connectivity index (χ0n) is 12.5. The summed E-state index contributed by atoms with van der Waals surface area (Å²) in [5.74, 6) is -0.394. The lowest BCUT2D eigenvalue weighted by atomic mass is 10.1. The molecule has 0 unspecified atom stereocenters. The Labute approximate surface area is 132 Å². The summed E-state index contributed by atoms with van der Waals surface area (Å²) in [7, 11) is -3.31. The number of carbonyl (C=O) groups excluding carboxylic acids is 1. The molecule has 0 atom stereocenters. The van der Waals surface area contributed by atoms with Crippen molar-refractivity contribution in [1.29, 1.82) is 0 Å². The summed E-state index contributed by atoms with van der Waals surface area (Å²) in [6, 6.07) is 4.02. The lowest BCUT2D eigenvalue weighted by molar-refractivity contribution is -0.137. The molecule has 1 aromatic carbocycles. The molecule has 1 heterocycles. The van der Waals surface area contributed by atoms with Crippen LogP contribution in [0.15, 0.2) is 24.3 Å². The molecule has 1 amide bonds. The van der Waals surface area contributed by atoms with Gasteiger partial charge in [-0.1, -0.05) is 0 Å². The molecule has 128 valence electrons. The van der Waals surface area contributed by atoms with Crippen LogP contribution in [0.25, 0.3) is 0 Å². The molecular formula is C14H17F3N2O3S. The van der Waals surface area contributed by atoms with Gasteiger partial charge in [0.15, 0.2) is 0 Å². The van der Waals surface area contributed by atoms with Gasteiger partial charge in [0.25, 0.3) is 5.91 Å². The topological polar surface area (TPSA) is 57.7 Å². The predicted octanol–water partition coefficient (Wildman–Crippen LogP) is 1.81. The Balaban J connectivity index is 2.09. The average molecular weight is 350 g/mol. The first-order valence-corrected chi connectivity index (χ1v) is 8.85. The molecule has 9 heteroatoms. The molecule has 1 aromatic rings. The van der Waals surface area contributed by atoms with Gasteiger partial charge >= 0.3 is 6.18 Å². The molecule has 0 aromatic heterocycles. The largest absolute Gasteiger partial charge is 0.416 e. The second kappa shape index (κ2) is 6.48. The van der Waals surface area contributed by atoms with Crippen LogP contribution in [0.5, 0.6) is 0 Å². The molecule has 5 nitrogen and oxygen atoms in total. The van der Waals surface area contributed by atoms with Gasteiger partial charge < -0.3 is 4.90 Å². The lowest BCUT2D eigenvalue weighted by Gasteiger charge is -2.21. The zero-order chi connectivity index (χ0) is 17.3. The maximum absolute atomic E-state index is 12.5. The third-order valence-corrected chi connectivity index (χ3v) is 4.97. The summed E-state index contributed by atoms with van der Waals surface area (Å²) in [5.41, 5.74) is -0.654. The standard InChI is InChI=1S/C14H17F3N2O3S/c1-23(21,22)19-8-2-7-18(9-10-19)13(20)11-3-5-12(6-4-11)14(15,16)17/h3-6H,2,7-10H2,1H3. The Morgan fingerprint density at radius 1 is 1.04 bits per heavy atom. The average Bonchev–Trinajstić information content (AvgIpc) is 2.71. The van der Waals surface area contributed by atoms with E-state index in [9.17, 15) is 26.4 Å². The minimum atomic E-state index is -4.44. The highest BCUT2D eigenvalue weighted by atomic mass is 32.2. The number of carbonyl (C=O) groups is 1. The predicted molar refractivity (Wildman–Crippen MR) is 78.4 cm³/mol. The Morgan fingerprint density at radius 2 is 1.65 bits per heavy atom. The van der Waals surface area contributed by atoms with Gasteiger partial charge in [0.2, 0.25) is 10.0 Å². The molecule has 1 aliphatic rings. The molecule has 0 spiro atoms. The van der Waals surface area contributed by atoms with E-state index in [0.717, 1.165) is 30.5 Å². The van der Waals surface area contributed by atoms with E-state index < -0.39 is 27.7 Å². The van der Waals surface area contributed by atoms with Crippen LogP contribution in [0.3, 0.4) is 0 Å². The summed E-state index contributed by atoms with van der Waals surface area (Å²) in [6.45, 7) is 1.10. The molecule has 0 N–H and O–H groups in total. The van der Waals surface area contributed by atoms with Crippen molar-refractivity contribution in [3.63, 3.8) is 0 Å². The van der Waals surface area contributed by atoms with Gasteiger partial charge in [-0.05, 0) is 30.7 Å². The summed E-state index contributed by atoms with van der Waals surface area (Å²) in [5, 5.41) is 0. The molecular weight excluding hydrogens is 333 g/mol. The highest BCUT2D eigenvalue weighted by Gasteiger charge is 2.30. The van der Waals surface area contributed by atoms with Gasteiger partial charge in [-0.25, -0.2) is 12.7 Å². The van der Waals surface area contributed by atoms with E-state index in [2.05, 4.69) is 0 Å². The van der Waals surface area contributed by atoms with Gasteiger partial charge in [-0.3, -0.25) is 4.79 Å². The van der Waals surface area contributed by atoms with Crippen LogP contribution in [0.4, 0.5) is 13.2 Å². The number of amides is 1. The summed E-state index contributed by atoms with van der Waals surface area (Å²) < 4.78 is 61.9. The van der Waals surface area contributed by atoms with Gasteiger partial charge in [0, 0.05) is 31.7 Å². The van der Waals surface area contributed by atoms with E-state index in [1.807, 2.05) is 0 Å². The van der Waals surface area contributed by atoms with E-state index in [1.165, 1.54) is 9.21 Å². The van der Waals surface area contributed by atoms with Crippen LogP contribution in [0.1, 0.15) is 22.3 Å². The van der Waals surface area contributed by atoms with E-state index in [-0.39, 0.29) is 18.7 Å². The van der Waals surface area contributed by atoms with Gasteiger partial charge in [-0.15, -0.1) is 0 Å². The van der Waals surface area contributed by atoms with Crippen LogP contribution >= 0.6 is 0 Å². The number of hydrogen-bond donors (Lipinski definition) is 0. The van der Waals surface area contributed by atoms with Crippen molar-refractivity contribution in [1.82, 2.24) is 9.21 Å². The van der Waals surface area contributed by atoms with Crippen molar-refractivity contribution in [2.24, 2.45) is 0 Å². The SMILES string of the molecule is CS(=O)(=O)N1CCCN(C(=O)c2ccc(C(F)(F)F)cc2)CC1. The van der Waals surface area contributed by atoms with Crippen LogP contribution in [0, 0.1) is 0 Å². The van der Waals surface area contributed by atoms with Crippen LogP contribution < -0.4 is 0 Å². The minimum absolute atomic E-state index is 0.158. The van der Waals surface area contributed by atoms with Crippen molar-refractivity contribution >= 4 is 15.9 Å². The maximum Gasteiger partial charge on any atom is 0.416 e. The first-order chi connectivity index (χ1) is 10.6. The fraction of sp³-hybridized carbons (Fsp3) is 0.500. The van der Waals surface area contributed by atoms with E-state index in [0.29, 0.717) is 19.5 Å². The number of rotatable bonds is 2. The van der Waals surface area contributed by atoms with Gasteiger partial charge in [0.1, 0.15) is 0 Å². The van der Waals surface area contributed by atoms with Crippen LogP contribution in [-0.2, 0) is 16.2 Å².